The lowest BCUT2D eigenvalue weighted by molar-refractivity contribution is 0.207. The zero-order valence-electron chi connectivity index (χ0n) is 13.7. The second-order valence-electron chi connectivity index (χ2n) is 5.88. The third-order valence-electron chi connectivity index (χ3n) is 3.12. The molecule has 1 aromatic carbocycles. The van der Waals surface area contributed by atoms with E-state index in [9.17, 15) is 5.11 Å². The summed E-state index contributed by atoms with van der Waals surface area (Å²) in [6.07, 6.45) is 3.86. The van der Waals surface area contributed by atoms with Gasteiger partial charge in [-0.2, -0.15) is 0 Å². The molecule has 1 aromatic rings. The molecule has 0 saturated heterocycles. The molecular weight excluding hydrogens is 260 g/mol. The Labute approximate surface area is 128 Å². The molecule has 21 heavy (non-hydrogen) atoms. The third kappa shape index (κ3) is 5.50. The van der Waals surface area contributed by atoms with E-state index in [1.165, 1.54) is 0 Å². The molecule has 0 aromatic heterocycles. The van der Waals surface area contributed by atoms with Crippen molar-refractivity contribution in [3.63, 3.8) is 0 Å². The summed E-state index contributed by atoms with van der Waals surface area (Å²) in [5.74, 6) is 1.49. The summed E-state index contributed by atoms with van der Waals surface area (Å²) in [6.45, 7) is 14.4. The number of phenolic OH excluding ortho intramolecular Hbond substituents is 1. The molecule has 114 valence electrons. The molecule has 1 rings (SSSR count). The van der Waals surface area contributed by atoms with Gasteiger partial charge in [0.25, 0.3) is 0 Å². The normalized spacial score (nSPS) is 11.0. The Kier molecular flexibility index (Phi) is 6.29. The number of benzene rings is 1. The number of hydrogen-bond donors (Lipinski definition) is 1. The van der Waals surface area contributed by atoms with Crippen LogP contribution in [0.1, 0.15) is 51.7 Å². The highest BCUT2D eigenvalue weighted by molar-refractivity contribution is 5.38. The highest BCUT2D eigenvalue weighted by atomic mass is 16.5. The lowest BCUT2D eigenvalue weighted by atomic mass is 10.0. The summed E-state index contributed by atoms with van der Waals surface area (Å²) in [7, 11) is 0. The SMILES string of the molecule is C=C(C)/C=C\C(OCc1ccc(C(C)C)c(O)c1)=C(C)C. The van der Waals surface area contributed by atoms with Crippen molar-refractivity contribution in [1.29, 1.82) is 0 Å². The van der Waals surface area contributed by atoms with Gasteiger partial charge in [0.1, 0.15) is 18.1 Å². The van der Waals surface area contributed by atoms with Gasteiger partial charge in [-0.15, -0.1) is 0 Å². The molecule has 0 heterocycles. The minimum absolute atomic E-state index is 0.312. The zero-order chi connectivity index (χ0) is 16.0. The predicted octanol–water partition coefficient (Wildman–Crippen LogP) is 5.46. The van der Waals surface area contributed by atoms with Crippen LogP contribution in [0.5, 0.6) is 5.75 Å². The first-order valence-corrected chi connectivity index (χ1v) is 7.27. The fourth-order valence-corrected chi connectivity index (χ4v) is 1.91. The van der Waals surface area contributed by atoms with Gasteiger partial charge < -0.3 is 9.84 Å². The molecule has 0 radical (unpaired) electrons. The molecule has 0 saturated carbocycles. The van der Waals surface area contributed by atoms with Crippen LogP contribution >= 0.6 is 0 Å². The first kappa shape index (κ1) is 17.1. The number of rotatable bonds is 6. The Morgan fingerprint density at radius 3 is 2.38 bits per heavy atom. The second kappa shape index (κ2) is 7.72. The molecule has 0 bridgehead atoms. The van der Waals surface area contributed by atoms with Crippen molar-refractivity contribution in [2.75, 3.05) is 0 Å². The van der Waals surface area contributed by atoms with E-state index < -0.39 is 0 Å². The zero-order valence-corrected chi connectivity index (χ0v) is 13.7. The lowest BCUT2D eigenvalue weighted by Crippen LogP contribution is -1.96. The summed E-state index contributed by atoms with van der Waals surface area (Å²) in [5.41, 5.74) is 4.01. The third-order valence-corrected chi connectivity index (χ3v) is 3.12. The molecule has 0 atom stereocenters. The van der Waals surface area contributed by atoms with Crippen LogP contribution < -0.4 is 0 Å². The van der Waals surface area contributed by atoms with Gasteiger partial charge in [0.15, 0.2) is 0 Å². The van der Waals surface area contributed by atoms with Crippen LogP contribution in [0.4, 0.5) is 0 Å². The Morgan fingerprint density at radius 2 is 1.90 bits per heavy atom. The molecule has 1 N–H and O–H groups in total. The van der Waals surface area contributed by atoms with Gasteiger partial charge in [-0.1, -0.05) is 44.2 Å². The van der Waals surface area contributed by atoms with Gasteiger partial charge in [-0.25, -0.2) is 0 Å². The van der Waals surface area contributed by atoms with Gasteiger partial charge in [-0.3, -0.25) is 0 Å². The Hall–Kier alpha value is -1.96. The molecule has 0 fully saturated rings. The average molecular weight is 286 g/mol. The van der Waals surface area contributed by atoms with Crippen molar-refractivity contribution in [2.45, 2.75) is 47.1 Å². The topological polar surface area (TPSA) is 29.5 Å². The van der Waals surface area contributed by atoms with Crippen molar-refractivity contribution >= 4 is 0 Å². The Bertz CT molecular complexity index is 559. The van der Waals surface area contributed by atoms with Gasteiger partial charge in [-0.05, 0) is 55.5 Å². The van der Waals surface area contributed by atoms with E-state index in [4.69, 9.17) is 4.74 Å². The van der Waals surface area contributed by atoms with Crippen molar-refractivity contribution in [3.05, 3.63) is 65.0 Å². The number of phenols is 1. The van der Waals surface area contributed by atoms with Gasteiger partial charge in [0.2, 0.25) is 0 Å². The highest BCUT2D eigenvalue weighted by Crippen LogP contribution is 2.26. The molecule has 0 spiro atoms. The van der Waals surface area contributed by atoms with Crippen LogP contribution in [-0.2, 0) is 11.3 Å². The number of aromatic hydroxyl groups is 1. The molecule has 2 nitrogen and oxygen atoms in total. The molecule has 0 amide bonds. The summed E-state index contributed by atoms with van der Waals surface area (Å²) in [6, 6.07) is 5.74. The fourth-order valence-electron chi connectivity index (χ4n) is 1.91. The first-order valence-electron chi connectivity index (χ1n) is 7.27. The van der Waals surface area contributed by atoms with Gasteiger partial charge in [0, 0.05) is 0 Å². The van der Waals surface area contributed by atoms with Crippen molar-refractivity contribution in [3.8, 4) is 5.75 Å². The van der Waals surface area contributed by atoms with E-state index in [-0.39, 0.29) is 0 Å². The van der Waals surface area contributed by atoms with Crippen LogP contribution in [0.2, 0.25) is 0 Å². The van der Waals surface area contributed by atoms with Crippen LogP contribution in [0.25, 0.3) is 0 Å². The molecule has 0 aliphatic carbocycles. The maximum atomic E-state index is 10.0. The predicted molar refractivity (Wildman–Crippen MR) is 89.3 cm³/mol. The Balaban J connectivity index is 2.80. The molecule has 0 aliphatic heterocycles. The number of hydrogen-bond acceptors (Lipinski definition) is 2. The smallest absolute Gasteiger partial charge is 0.119 e. The standard InChI is InChI=1S/C19H26O2/c1-13(2)7-10-19(15(5)6)21-12-16-8-9-17(14(3)4)18(20)11-16/h7-11,14,20H,1,12H2,2-6H3/b10-7-. The van der Waals surface area contributed by atoms with Crippen molar-refractivity contribution in [1.82, 2.24) is 0 Å². The summed E-state index contributed by atoms with van der Waals surface area (Å²) in [4.78, 5) is 0. The van der Waals surface area contributed by atoms with E-state index in [0.29, 0.717) is 18.3 Å². The first-order chi connectivity index (χ1) is 9.81. The van der Waals surface area contributed by atoms with Crippen LogP contribution in [0.3, 0.4) is 0 Å². The largest absolute Gasteiger partial charge is 0.508 e. The fraction of sp³-hybridized carbons (Fsp3) is 0.368. The maximum Gasteiger partial charge on any atom is 0.119 e. The van der Waals surface area contributed by atoms with Crippen LogP contribution in [0.15, 0.2) is 53.8 Å². The number of ether oxygens (including phenoxy) is 1. The Morgan fingerprint density at radius 1 is 1.24 bits per heavy atom. The van der Waals surface area contributed by atoms with E-state index in [1.54, 1.807) is 6.07 Å². The molecule has 2 heteroatoms. The lowest BCUT2D eigenvalue weighted by Gasteiger charge is -2.12. The van der Waals surface area contributed by atoms with Gasteiger partial charge >= 0.3 is 0 Å². The monoisotopic (exact) mass is 286 g/mol. The average Bonchev–Trinajstić information content (AvgIpc) is 2.37. The highest BCUT2D eigenvalue weighted by Gasteiger charge is 2.07. The quantitative estimate of drug-likeness (QED) is 0.556. The van der Waals surface area contributed by atoms with E-state index in [0.717, 1.165) is 28.0 Å². The van der Waals surface area contributed by atoms with Crippen molar-refractivity contribution < 1.29 is 9.84 Å². The maximum absolute atomic E-state index is 10.0. The van der Waals surface area contributed by atoms with Crippen LogP contribution in [-0.4, -0.2) is 5.11 Å². The summed E-state index contributed by atoms with van der Waals surface area (Å²) >= 11 is 0. The van der Waals surface area contributed by atoms with E-state index >= 15 is 0 Å². The summed E-state index contributed by atoms with van der Waals surface area (Å²) < 4.78 is 5.84. The molecular formula is C19H26O2. The van der Waals surface area contributed by atoms with Crippen molar-refractivity contribution in [2.24, 2.45) is 0 Å². The minimum atomic E-state index is 0.312. The molecule has 0 unspecified atom stereocenters. The number of allylic oxidation sites excluding steroid dienone is 4. The van der Waals surface area contributed by atoms with E-state index in [1.807, 2.05) is 45.1 Å². The van der Waals surface area contributed by atoms with Gasteiger partial charge in [0.05, 0.1) is 0 Å². The summed E-state index contributed by atoms with van der Waals surface area (Å²) in [5, 5.41) is 10.0. The minimum Gasteiger partial charge on any atom is -0.508 e. The molecule has 0 aliphatic rings. The second-order valence-corrected chi connectivity index (χ2v) is 5.88. The van der Waals surface area contributed by atoms with Crippen LogP contribution in [0, 0.1) is 0 Å². The van der Waals surface area contributed by atoms with E-state index in [2.05, 4.69) is 20.4 Å².